The molecular weight excluding hydrogens is 587 g/mol. The summed E-state index contributed by atoms with van der Waals surface area (Å²) in [5, 5.41) is 0.629. The van der Waals surface area contributed by atoms with Gasteiger partial charge in [0, 0.05) is 36.1 Å². The molecule has 6 rings (SSSR count). The number of rotatable bonds is 9. The Bertz CT molecular complexity index is 1840. The molecule has 2 aliphatic rings. The molecule has 230 valence electrons. The Labute approximate surface area is 246 Å². The molecule has 1 unspecified atom stereocenters. The summed E-state index contributed by atoms with van der Waals surface area (Å²) in [5.41, 5.74) is 8.99. The van der Waals surface area contributed by atoms with E-state index in [-0.39, 0.29) is 34.2 Å². The van der Waals surface area contributed by atoms with E-state index in [1.807, 2.05) is 17.6 Å². The number of halogens is 3. The first-order chi connectivity index (χ1) is 20.4. The van der Waals surface area contributed by atoms with Crippen LogP contribution in [0.1, 0.15) is 35.3 Å². The highest BCUT2D eigenvalue weighted by Gasteiger charge is 2.35. The van der Waals surface area contributed by atoms with E-state index in [4.69, 9.17) is 15.5 Å². The topological polar surface area (TPSA) is 128 Å². The molecule has 1 aliphatic heterocycles. The molecule has 2 fully saturated rings. The lowest BCUT2D eigenvalue weighted by atomic mass is 10.2. The van der Waals surface area contributed by atoms with E-state index in [0.717, 1.165) is 12.8 Å². The van der Waals surface area contributed by atoms with Crippen LogP contribution in [0.5, 0.6) is 5.88 Å². The van der Waals surface area contributed by atoms with Gasteiger partial charge in [0.05, 0.1) is 30.8 Å². The third-order valence-corrected chi connectivity index (χ3v) is 9.19. The molecule has 1 saturated heterocycles. The maximum atomic E-state index is 13.8. The number of alkyl halides is 3. The van der Waals surface area contributed by atoms with Gasteiger partial charge in [0.1, 0.15) is 29.5 Å². The Hall–Kier alpha value is -3.85. The summed E-state index contributed by atoms with van der Waals surface area (Å²) in [4.78, 5) is 24.1. The molecule has 4 aromatic rings. The van der Waals surface area contributed by atoms with Gasteiger partial charge in [0.2, 0.25) is 10.0 Å². The normalized spacial score (nSPS) is 19.2. The number of sulfonamides is 1. The van der Waals surface area contributed by atoms with Crippen molar-refractivity contribution in [3.05, 3.63) is 41.6 Å². The summed E-state index contributed by atoms with van der Waals surface area (Å²) < 4.78 is 74.8. The van der Waals surface area contributed by atoms with Crippen LogP contribution in [0.3, 0.4) is 0 Å². The van der Waals surface area contributed by atoms with Crippen LogP contribution in [0.4, 0.5) is 19.0 Å². The fourth-order valence-corrected chi connectivity index (χ4v) is 6.63. The Morgan fingerprint density at radius 1 is 1.21 bits per heavy atom. The van der Waals surface area contributed by atoms with Crippen molar-refractivity contribution >= 4 is 38.4 Å². The molecule has 0 bridgehead atoms. The molecule has 1 saturated carbocycles. The van der Waals surface area contributed by atoms with Crippen molar-refractivity contribution in [2.45, 2.75) is 51.4 Å². The Balaban J connectivity index is 1.49. The van der Waals surface area contributed by atoms with Gasteiger partial charge in [-0.3, -0.25) is 9.20 Å². The number of carbonyl (C=O) groups excluding carboxylic acids is 1. The molecule has 2 atom stereocenters. The number of aryl methyl sites for hydroxylation is 1. The van der Waals surface area contributed by atoms with Gasteiger partial charge in [0.25, 0.3) is 5.91 Å². The van der Waals surface area contributed by atoms with Gasteiger partial charge in [-0.15, -0.1) is 0 Å². The van der Waals surface area contributed by atoms with Crippen LogP contribution in [-0.2, 0) is 16.6 Å². The van der Waals surface area contributed by atoms with Crippen LogP contribution >= 0.6 is 0 Å². The highest BCUT2D eigenvalue weighted by Crippen LogP contribution is 2.38. The zero-order valence-electron chi connectivity index (χ0n) is 23.9. The second-order valence-electron chi connectivity index (χ2n) is 11.3. The molecule has 2 N–H and O–H groups in total. The van der Waals surface area contributed by atoms with Crippen molar-refractivity contribution in [3.8, 4) is 17.3 Å². The number of likely N-dealkylation sites (tertiary alicyclic amines) is 1. The Morgan fingerprint density at radius 3 is 2.58 bits per heavy atom. The second kappa shape index (κ2) is 10.7. The number of aromatic nitrogens is 4. The first kappa shape index (κ1) is 29.2. The standard InChI is InChI=1S/C28H32F3N7O4S/c1-15-25(33-23-9-18(10-24(42-2)37(15)23)27(39)35-14-19(32)11-20(35)12-29)21-8-17-6-7-22(38(28(30)31)43(3,40)41)34-26(17)36(21)13-16-4-5-16/h6-10,16,19-20,28H,4-5,11-14,32H2,1-3H3/t19-,20?/m1/s1. The van der Waals surface area contributed by atoms with Gasteiger partial charge in [-0.1, -0.05) is 0 Å². The molecule has 0 spiro atoms. The quantitative estimate of drug-likeness (QED) is 0.284. The number of fused-ring (bicyclic) bond motifs is 2. The summed E-state index contributed by atoms with van der Waals surface area (Å²) in [5.74, 6) is -0.0419. The first-order valence-electron chi connectivity index (χ1n) is 13.9. The van der Waals surface area contributed by atoms with Crippen LogP contribution in [0.25, 0.3) is 28.1 Å². The smallest absolute Gasteiger partial charge is 0.329 e. The number of hydrogen-bond donors (Lipinski definition) is 1. The van der Waals surface area contributed by atoms with Crippen molar-refractivity contribution in [2.24, 2.45) is 11.7 Å². The number of methoxy groups -OCH3 is 1. The van der Waals surface area contributed by atoms with Crippen molar-refractivity contribution in [2.75, 3.05) is 30.9 Å². The fraction of sp³-hybridized carbons (Fsp3) is 0.464. The van der Waals surface area contributed by atoms with Gasteiger partial charge in [-0.25, -0.2) is 22.8 Å². The number of ether oxygens (including phenoxy) is 1. The second-order valence-corrected chi connectivity index (χ2v) is 13.1. The highest BCUT2D eigenvalue weighted by molar-refractivity contribution is 7.92. The lowest BCUT2D eigenvalue weighted by Crippen LogP contribution is -2.37. The van der Waals surface area contributed by atoms with Crippen LogP contribution < -0.4 is 14.8 Å². The number of nitrogens with zero attached hydrogens (tertiary/aromatic N) is 6. The van der Waals surface area contributed by atoms with Gasteiger partial charge >= 0.3 is 6.55 Å². The number of anilines is 1. The average Bonchev–Trinajstić information content (AvgIpc) is 3.46. The van der Waals surface area contributed by atoms with Crippen molar-refractivity contribution in [1.82, 2.24) is 23.8 Å². The molecule has 1 amide bonds. The summed E-state index contributed by atoms with van der Waals surface area (Å²) >= 11 is 0. The van der Waals surface area contributed by atoms with Crippen LogP contribution in [0, 0.1) is 12.8 Å². The van der Waals surface area contributed by atoms with Crippen LogP contribution in [0.2, 0.25) is 0 Å². The number of nitrogens with two attached hydrogens (primary N) is 1. The third-order valence-electron chi connectivity index (χ3n) is 8.13. The van der Waals surface area contributed by atoms with E-state index in [1.165, 1.54) is 18.1 Å². The minimum Gasteiger partial charge on any atom is -0.482 e. The number of hydrogen-bond acceptors (Lipinski definition) is 7. The molecule has 11 nitrogen and oxygen atoms in total. The molecule has 15 heteroatoms. The largest absolute Gasteiger partial charge is 0.482 e. The first-order valence-corrected chi connectivity index (χ1v) is 15.7. The Kier molecular flexibility index (Phi) is 7.27. The number of pyridine rings is 2. The predicted octanol–water partition coefficient (Wildman–Crippen LogP) is 3.58. The van der Waals surface area contributed by atoms with Gasteiger partial charge < -0.3 is 19.9 Å². The van der Waals surface area contributed by atoms with Crippen LogP contribution in [-0.4, -0.2) is 83.4 Å². The molecule has 1 aliphatic carbocycles. The highest BCUT2D eigenvalue weighted by atomic mass is 32.2. The van der Waals surface area contributed by atoms with E-state index in [0.29, 0.717) is 64.8 Å². The number of imidazole rings is 1. The van der Waals surface area contributed by atoms with Gasteiger partial charge in [0.15, 0.2) is 5.88 Å². The maximum absolute atomic E-state index is 13.8. The van der Waals surface area contributed by atoms with Gasteiger partial charge in [-0.05, 0) is 56.4 Å². The van der Waals surface area contributed by atoms with E-state index in [9.17, 15) is 26.4 Å². The van der Waals surface area contributed by atoms with Crippen molar-refractivity contribution < 1.29 is 31.1 Å². The summed E-state index contributed by atoms with van der Waals surface area (Å²) in [6.07, 6.45) is 3.08. The third kappa shape index (κ3) is 5.18. The number of carbonyl (C=O) groups is 1. The minimum atomic E-state index is -4.29. The fourth-order valence-electron chi connectivity index (χ4n) is 5.90. The van der Waals surface area contributed by atoms with E-state index in [2.05, 4.69) is 4.98 Å². The average molecular weight is 620 g/mol. The summed E-state index contributed by atoms with van der Waals surface area (Å²) in [6.45, 7) is -1.35. The zero-order valence-corrected chi connectivity index (χ0v) is 24.7. The maximum Gasteiger partial charge on any atom is 0.329 e. The molecule has 43 heavy (non-hydrogen) atoms. The molecule has 0 aromatic carbocycles. The monoisotopic (exact) mass is 619 g/mol. The van der Waals surface area contributed by atoms with Crippen molar-refractivity contribution in [1.29, 1.82) is 0 Å². The Morgan fingerprint density at radius 2 is 1.95 bits per heavy atom. The lowest BCUT2D eigenvalue weighted by molar-refractivity contribution is 0.0714. The number of amides is 1. The SMILES string of the molecule is COc1cc(C(=O)N2C[C@H](N)CC2CF)cc2nc(-c3cc4ccc(N(C(F)F)S(C)(=O)=O)nc4n3CC3CC3)c(C)n12. The predicted molar refractivity (Wildman–Crippen MR) is 155 cm³/mol. The minimum absolute atomic E-state index is 0.000855. The van der Waals surface area contributed by atoms with E-state index in [1.54, 1.807) is 22.6 Å². The van der Waals surface area contributed by atoms with E-state index >= 15 is 0 Å². The molecule has 0 radical (unpaired) electrons. The van der Waals surface area contributed by atoms with Crippen molar-refractivity contribution in [3.63, 3.8) is 0 Å². The summed E-state index contributed by atoms with van der Waals surface area (Å²) in [7, 11) is -2.81. The molecule has 4 aromatic heterocycles. The molecular formula is C28H32F3N7O4S. The molecule has 5 heterocycles. The lowest BCUT2D eigenvalue weighted by Gasteiger charge is -2.22. The van der Waals surface area contributed by atoms with Crippen LogP contribution in [0.15, 0.2) is 30.3 Å². The summed E-state index contributed by atoms with van der Waals surface area (Å²) in [6, 6.07) is 6.97. The van der Waals surface area contributed by atoms with Gasteiger partial charge in [-0.2, -0.15) is 13.1 Å². The van der Waals surface area contributed by atoms with E-state index < -0.39 is 29.3 Å². The zero-order chi connectivity index (χ0) is 30.8.